The fourth-order valence-electron chi connectivity index (χ4n) is 1.01. The third kappa shape index (κ3) is 2.21. The second kappa shape index (κ2) is 4.08. The number of carboxylic acids is 1. The number of aliphatic hydroxyl groups is 2. The lowest BCUT2D eigenvalue weighted by Gasteiger charge is -2.07. The van der Waals surface area contributed by atoms with Gasteiger partial charge in [-0.25, -0.2) is 4.79 Å². The molecule has 0 spiro atoms. The highest BCUT2D eigenvalue weighted by molar-refractivity contribution is 5.88. The van der Waals surface area contributed by atoms with Crippen molar-refractivity contribution in [3.05, 3.63) is 29.3 Å². The second-order valence-electron chi connectivity index (χ2n) is 2.67. The van der Waals surface area contributed by atoms with Crippen molar-refractivity contribution in [2.45, 2.75) is 6.29 Å². The Hall–Kier alpha value is -1.59. The number of carbonyl (C=O) groups is 1. The molecule has 5 heteroatoms. The van der Waals surface area contributed by atoms with Crippen LogP contribution in [0.5, 0.6) is 5.75 Å². The minimum Gasteiger partial charge on any atom is -0.497 e. The Balaban J connectivity index is 3.20. The molecule has 0 atom stereocenters. The number of methoxy groups -OCH3 is 1. The summed E-state index contributed by atoms with van der Waals surface area (Å²) in [5.74, 6) is -0.876. The lowest BCUT2D eigenvalue weighted by molar-refractivity contribution is -0.0426. The average molecular weight is 198 g/mol. The van der Waals surface area contributed by atoms with Crippen molar-refractivity contribution in [1.29, 1.82) is 0 Å². The van der Waals surface area contributed by atoms with Crippen molar-refractivity contribution in [1.82, 2.24) is 0 Å². The van der Waals surface area contributed by atoms with Crippen LogP contribution in [0.25, 0.3) is 0 Å². The topological polar surface area (TPSA) is 87.0 Å². The molecule has 1 rings (SSSR count). The minimum absolute atomic E-state index is 0.0487. The van der Waals surface area contributed by atoms with E-state index < -0.39 is 12.3 Å². The lowest BCUT2D eigenvalue weighted by atomic mass is 10.1. The molecule has 14 heavy (non-hydrogen) atoms. The van der Waals surface area contributed by atoms with E-state index in [4.69, 9.17) is 20.1 Å². The Labute approximate surface area is 80.2 Å². The van der Waals surface area contributed by atoms with Gasteiger partial charge in [0.1, 0.15) is 5.75 Å². The number of carboxylic acid groups (broad SMARTS) is 1. The van der Waals surface area contributed by atoms with Crippen LogP contribution in [0, 0.1) is 0 Å². The first-order valence-corrected chi connectivity index (χ1v) is 3.83. The van der Waals surface area contributed by atoms with E-state index in [2.05, 4.69) is 0 Å². The van der Waals surface area contributed by atoms with E-state index in [1.165, 1.54) is 25.3 Å². The fourth-order valence-corrected chi connectivity index (χ4v) is 1.01. The molecule has 0 saturated carbocycles. The Kier molecular flexibility index (Phi) is 3.06. The lowest BCUT2D eigenvalue weighted by Crippen LogP contribution is -2.02. The van der Waals surface area contributed by atoms with Crippen molar-refractivity contribution in [3.8, 4) is 5.75 Å². The first kappa shape index (κ1) is 10.5. The van der Waals surface area contributed by atoms with Crippen LogP contribution < -0.4 is 4.74 Å². The maximum absolute atomic E-state index is 10.6. The Morgan fingerprint density at radius 2 is 2.00 bits per heavy atom. The van der Waals surface area contributed by atoms with Crippen molar-refractivity contribution in [2.24, 2.45) is 0 Å². The highest BCUT2D eigenvalue weighted by atomic mass is 16.5. The summed E-state index contributed by atoms with van der Waals surface area (Å²) >= 11 is 0. The summed E-state index contributed by atoms with van der Waals surface area (Å²) in [7, 11) is 1.37. The van der Waals surface area contributed by atoms with Gasteiger partial charge in [0.15, 0.2) is 6.29 Å². The normalized spacial score (nSPS) is 10.3. The number of hydrogen-bond donors (Lipinski definition) is 3. The monoisotopic (exact) mass is 198 g/mol. The van der Waals surface area contributed by atoms with Gasteiger partial charge in [0.05, 0.1) is 12.7 Å². The number of rotatable bonds is 3. The summed E-state index contributed by atoms with van der Waals surface area (Å²) in [4.78, 5) is 10.6. The van der Waals surface area contributed by atoms with Crippen molar-refractivity contribution in [2.75, 3.05) is 7.11 Å². The van der Waals surface area contributed by atoms with E-state index >= 15 is 0 Å². The molecule has 0 aliphatic carbocycles. The van der Waals surface area contributed by atoms with Crippen LogP contribution in [0.1, 0.15) is 22.2 Å². The predicted octanol–water partition coefficient (Wildman–Crippen LogP) is 0.377. The molecule has 0 aliphatic heterocycles. The number of aliphatic hydroxyl groups excluding tert-OH is 1. The molecular formula is C9H10O5. The van der Waals surface area contributed by atoms with Crippen LogP contribution in [0.3, 0.4) is 0 Å². The van der Waals surface area contributed by atoms with Crippen molar-refractivity contribution >= 4 is 5.97 Å². The fraction of sp³-hybridized carbons (Fsp3) is 0.222. The Morgan fingerprint density at radius 1 is 1.36 bits per heavy atom. The third-order valence-electron chi connectivity index (χ3n) is 1.71. The van der Waals surface area contributed by atoms with Gasteiger partial charge in [0, 0.05) is 5.56 Å². The van der Waals surface area contributed by atoms with Gasteiger partial charge < -0.3 is 20.1 Å². The first-order valence-electron chi connectivity index (χ1n) is 3.83. The molecule has 3 N–H and O–H groups in total. The number of benzene rings is 1. The molecular weight excluding hydrogens is 188 g/mol. The zero-order chi connectivity index (χ0) is 10.7. The number of ether oxygens (including phenoxy) is 1. The van der Waals surface area contributed by atoms with Gasteiger partial charge in [0.2, 0.25) is 0 Å². The predicted molar refractivity (Wildman–Crippen MR) is 47.1 cm³/mol. The van der Waals surface area contributed by atoms with Crippen molar-refractivity contribution < 1.29 is 24.9 Å². The molecule has 5 nitrogen and oxygen atoms in total. The van der Waals surface area contributed by atoms with Gasteiger partial charge in [-0.2, -0.15) is 0 Å². The minimum atomic E-state index is -1.71. The Bertz CT molecular complexity index is 345. The molecule has 0 aliphatic rings. The maximum atomic E-state index is 10.6. The van der Waals surface area contributed by atoms with Crippen LogP contribution in [0.4, 0.5) is 0 Å². The molecule has 0 saturated heterocycles. The van der Waals surface area contributed by atoms with Gasteiger partial charge in [0.25, 0.3) is 0 Å². The molecule has 0 heterocycles. The zero-order valence-electron chi connectivity index (χ0n) is 7.47. The van der Waals surface area contributed by atoms with E-state index in [-0.39, 0.29) is 16.9 Å². The van der Waals surface area contributed by atoms with E-state index in [1.54, 1.807) is 0 Å². The van der Waals surface area contributed by atoms with Crippen LogP contribution in [-0.2, 0) is 0 Å². The van der Waals surface area contributed by atoms with Gasteiger partial charge >= 0.3 is 5.97 Å². The largest absolute Gasteiger partial charge is 0.497 e. The molecule has 0 radical (unpaired) electrons. The van der Waals surface area contributed by atoms with Gasteiger partial charge in [-0.3, -0.25) is 0 Å². The molecule has 1 aromatic carbocycles. The van der Waals surface area contributed by atoms with E-state index in [0.29, 0.717) is 0 Å². The molecule has 0 bridgehead atoms. The Morgan fingerprint density at radius 3 is 2.43 bits per heavy atom. The van der Waals surface area contributed by atoms with E-state index in [9.17, 15) is 4.79 Å². The molecule has 0 aromatic heterocycles. The average Bonchev–Trinajstić information content (AvgIpc) is 2.16. The number of hydrogen-bond acceptors (Lipinski definition) is 4. The SMILES string of the molecule is COc1cc(C(=O)O)cc(C(O)O)c1. The standard InChI is InChI=1S/C9H10O5/c1-14-7-3-5(8(10)11)2-6(4-7)9(12)13/h2-4,8,10-11H,1H3,(H,12,13). The first-order chi connectivity index (χ1) is 6.54. The van der Waals surface area contributed by atoms with Crippen molar-refractivity contribution in [3.63, 3.8) is 0 Å². The van der Waals surface area contributed by atoms with E-state index in [0.717, 1.165) is 0 Å². The van der Waals surface area contributed by atoms with Gasteiger partial charge in [-0.15, -0.1) is 0 Å². The van der Waals surface area contributed by atoms with E-state index in [1.807, 2.05) is 0 Å². The second-order valence-corrected chi connectivity index (χ2v) is 2.67. The zero-order valence-corrected chi connectivity index (χ0v) is 7.47. The summed E-state index contributed by atoms with van der Waals surface area (Å²) in [6.45, 7) is 0. The summed E-state index contributed by atoms with van der Waals surface area (Å²) < 4.78 is 4.81. The summed E-state index contributed by atoms with van der Waals surface area (Å²) in [6.07, 6.45) is -1.71. The molecule has 1 aromatic rings. The van der Waals surface area contributed by atoms with Gasteiger partial charge in [-0.05, 0) is 18.2 Å². The third-order valence-corrected chi connectivity index (χ3v) is 1.71. The molecule has 0 amide bonds. The molecule has 0 unspecified atom stereocenters. The van der Waals surface area contributed by atoms with Crippen LogP contribution in [-0.4, -0.2) is 28.4 Å². The highest BCUT2D eigenvalue weighted by Gasteiger charge is 2.10. The van der Waals surface area contributed by atoms with Gasteiger partial charge in [-0.1, -0.05) is 0 Å². The highest BCUT2D eigenvalue weighted by Crippen LogP contribution is 2.20. The maximum Gasteiger partial charge on any atom is 0.335 e. The summed E-state index contributed by atoms with van der Waals surface area (Å²) in [5, 5.41) is 26.4. The summed E-state index contributed by atoms with van der Waals surface area (Å²) in [5.41, 5.74) is 0.0363. The van der Waals surface area contributed by atoms with Crippen LogP contribution in [0.2, 0.25) is 0 Å². The smallest absolute Gasteiger partial charge is 0.335 e. The molecule has 76 valence electrons. The molecule has 0 fully saturated rings. The summed E-state index contributed by atoms with van der Waals surface area (Å²) in [6, 6.07) is 3.83. The van der Waals surface area contributed by atoms with Crippen LogP contribution >= 0.6 is 0 Å². The quantitative estimate of drug-likeness (QED) is 0.611. The van der Waals surface area contributed by atoms with Crippen LogP contribution in [0.15, 0.2) is 18.2 Å². The number of aromatic carboxylic acids is 1.